The zero-order valence-electron chi connectivity index (χ0n) is 10.8. The van der Waals surface area contributed by atoms with Crippen LogP contribution in [-0.4, -0.2) is 43.7 Å². The van der Waals surface area contributed by atoms with E-state index in [9.17, 15) is 4.79 Å². The van der Waals surface area contributed by atoms with Gasteiger partial charge in [-0.3, -0.25) is 9.69 Å². The molecule has 0 aliphatic carbocycles. The van der Waals surface area contributed by atoms with Crippen LogP contribution in [0.1, 0.15) is 5.56 Å². The van der Waals surface area contributed by atoms with Crippen LogP contribution in [-0.2, 0) is 9.53 Å². The Labute approximate surface area is 124 Å². The van der Waals surface area contributed by atoms with Gasteiger partial charge in [0.25, 0.3) is 0 Å². The summed E-state index contributed by atoms with van der Waals surface area (Å²) < 4.78 is 5.24. The van der Waals surface area contributed by atoms with Crippen LogP contribution in [0, 0.1) is 6.92 Å². The van der Waals surface area contributed by atoms with E-state index in [2.05, 4.69) is 10.2 Å². The van der Waals surface area contributed by atoms with Crippen molar-refractivity contribution in [2.75, 3.05) is 38.2 Å². The maximum atomic E-state index is 11.9. The summed E-state index contributed by atoms with van der Waals surface area (Å²) in [5, 5.41) is 3.41. The van der Waals surface area contributed by atoms with E-state index in [0.29, 0.717) is 30.5 Å². The highest BCUT2D eigenvalue weighted by atomic mass is 35.5. The van der Waals surface area contributed by atoms with E-state index in [-0.39, 0.29) is 18.3 Å². The molecular formula is C13H18Cl2N2O2. The van der Waals surface area contributed by atoms with Crippen molar-refractivity contribution < 1.29 is 9.53 Å². The van der Waals surface area contributed by atoms with Gasteiger partial charge in [0.05, 0.1) is 30.5 Å². The third kappa shape index (κ3) is 4.99. The minimum atomic E-state index is -0.0376. The van der Waals surface area contributed by atoms with Crippen molar-refractivity contribution in [3.8, 4) is 0 Å². The molecule has 106 valence electrons. The van der Waals surface area contributed by atoms with Crippen molar-refractivity contribution in [3.63, 3.8) is 0 Å². The smallest absolute Gasteiger partial charge is 0.238 e. The van der Waals surface area contributed by atoms with Crippen molar-refractivity contribution in [2.24, 2.45) is 0 Å². The lowest BCUT2D eigenvalue weighted by molar-refractivity contribution is -0.118. The molecule has 6 heteroatoms. The third-order valence-electron chi connectivity index (χ3n) is 2.87. The normalized spacial score (nSPS) is 15.7. The number of amides is 1. The number of carbonyl (C=O) groups excluding carboxylic acids is 1. The van der Waals surface area contributed by atoms with Gasteiger partial charge in [0.15, 0.2) is 0 Å². The van der Waals surface area contributed by atoms with Crippen molar-refractivity contribution in [3.05, 3.63) is 28.8 Å². The Morgan fingerprint density at radius 3 is 2.79 bits per heavy atom. The lowest BCUT2D eigenvalue weighted by atomic mass is 10.2. The Kier molecular flexibility index (Phi) is 6.58. The molecule has 1 aromatic carbocycles. The monoisotopic (exact) mass is 304 g/mol. The number of carbonyl (C=O) groups is 1. The van der Waals surface area contributed by atoms with Gasteiger partial charge in [0.2, 0.25) is 5.91 Å². The van der Waals surface area contributed by atoms with Crippen LogP contribution in [0.5, 0.6) is 0 Å². The molecule has 1 fully saturated rings. The van der Waals surface area contributed by atoms with Crippen LogP contribution in [0.4, 0.5) is 5.69 Å². The summed E-state index contributed by atoms with van der Waals surface area (Å²) in [6, 6.07) is 5.58. The number of aryl methyl sites for hydroxylation is 1. The number of morpholine rings is 1. The molecule has 1 aromatic rings. The molecule has 0 radical (unpaired) electrons. The van der Waals surface area contributed by atoms with Crippen LogP contribution < -0.4 is 5.32 Å². The lowest BCUT2D eigenvalue weighted by Crippen LogP contribution is -2.41. The molecular weight excluding hydrogens is 287 g/mol. The van der Waals surface area contributed by atoms with E-state index < -0.39 is 0 Å². The molecule has 0 saturated carbocycles. The first-order valence-corrected chi connectivity index (χ1v) is 6.39. The van der Waals surface area contributed by atoms with Gasteiger partial charge >= 0.3 is 0 Å². The van der Waals surface area contributed by atoms with Gasteiger partial charge in [0, 0.05) is 13.1 Å². The zero-order valence-corrected chi connectivity index (χ0v) is 12.4. The fourth-order valence-corrected chi connectivity index (χ4v) is 2.05. The molecule has 0 bridgehead atoms. The summed E-state index contributed by atoms with van der Waals surface area (Å²) in [7, 11) is 0. The maximum Gasteiger partial charge on any atom is 0.238 e. The molecule has 1 N–H and O–H groups in total. The van der Waals surface area contributed by atoms with Crippen LogP contribution in [0.15, 0.2) is 18.2 Å². The summed E-state index contributed by atoms with van der Waals surface area (Å²) >= 11 is 6.03. The fourth-order valence-electron chi connectivity index (χ4n) is 1.89. The standard InChI is InChI=1S/C13H17ClN2O2.ClH/c1-10-2-3-11(14)12(8-10)15-13(17)9-16-4-6-18-7-5-16;/h2-3,8H,4-7,9H2,1H3,(H,15,17);1H. The minimum Gasteiger partial charge on any atom is -0.379 e. The van der Waals surface area contributed by atoms with Gasteiger partial charge in [-0.05, 0) is 24.6 Å². The van der Waals surface area contributed by atoms with E-state index in [1.54, 1.807) is 6.07 Å². The summed E-state index contributed by atoms with van der Waals surface area (Å²) in [4.78, 5) is 14.0. The molecule has 1 aliphatic rings. The quantitative estimate of drug-likeness (QED) is 0.932. The van der Waals surface area contributed by atoms with Gasteiger partial charge in [-0.1, -0.05) is 17.7 Å². The SMILES string of the molecule is Cc1ccc(Cl)c(NC(=O)CN2CCOCC2)c1.Cl. The average Bonchev–Trinajstić information content (AvgIpc) is 2.35. The van der Waals surface area contributed by atoms with Crippen molar-refractivity contribution in [1.29, 1.82) is 0 Å². The fraction of sp³-hybridized carbons (Fsp3) is 0.462. The zero-order chi connectivity index (χ0) is 13.0. The van der Waals surface area contributed by atoms with E-state index in [4.69, 9.17) is 16.3 Å². The summed E-state index contributed by atoms with van der Waals surface area (Å²) in [6.45, 7) is 5.34. The second-order valence-corrected chi connectivity index (χ2v) is 4.83. The number of nitrogens with one attached hydrogen (secondary N) is 1. The second-order valence-electron chi connectivity index (χ2n) is 4.42. The highest BCUT2D eigenvalue weighted by Crippen LogP contribution is 2.22. The van der Waals surface area contributed by atoms with Gasteiger partial charge in [0.1, 0.15) is 0 Å². The number of rotatable bonds is 3. The average molecular weight is 305 g/mol. The second kappa shape index (κ2) is 7.70. The van der Waals surface area contributed by atoms with Gasteiger partial charge in [-0.25, -0.2) is 0 Å². The molecule has 0 spiro atoms. The Bertz CT molecular complexity index is 435. The summed E-state index contributed by atoms with van der Waals surface area (Å²) in [5.41, 5.74) is 1.75. The molecule has 1 amide bonds. The van der Waals surface area contributed by atoms with Crippen LogP contribution in [0.25, 0.3) is 0 Å². The van der Waals surface area contributed by atoms with E-state index in [1.807, 2.05) is 19.1 Å². The highest BCUT2D eigenvalue weighted by Gasteiger charge is 2.14. The maximum absolute atomic E-state index is 11.9. The van der Waals surface area contributed by atoms with Crippen LogP contribution >= 0.6 is 24.0 Å². The lowest BCUT2D eigenvalue weighted by Gasteiger charge is -2.25. The van der Waals surface area contributed by atoms with Crippen LogP contribution in [0.3, 0.4) is 0 Å². The first-order chi connectivity index (χ1) is 8.65. The van der Waals surface area contributed by atoms with Crippen LogP contribution in [0.2, 0.25) is 5.02 Å². The van der Waals surface area contributed by atoms with E-state index in [1.165, 1.54) is 0 Å². The van der Waals surface area contributed by atoms with Gasteiger partial charge < -0.3 is 10.1 Å². The van der Waals surface area contributed by atoms with Gasteiger partial charge in [-0.2, -0.15) is 0 Å². The minimum absolute atomic E-state index is 0. The van der Waals surface area contributed by atoms with Crippen molar-refractivity contribution in [1.82, 2.24) is 4.90 Å². The van der Waals surface area contributed by atoms with E-state index >= 15 is 0 Å². The number of hydrogen-bond acceptors (Lipinski definition) is 3. The highest BCUT2D eigenvalue weighted by molar-refractivity contribution is 6.33. The number of anilines is 1. The number of nitrogens with zero attached hydrogens (tertiary/aromatic N) is 1. The molecule has 0 unspecified atom stereocenters. The largest absolute Gasteiger partial charge is 0.379 e. The summed E-state index contributed by atoms with van der Waals surface area (Å²) in [6.07, 6.45) is 0. The molecule has 2 rings (SSSR count). The third-order valence-corrected chi connectivity index (χ3v) is 3.20. The Morgan fingerprint density at radius 2 is 2.11 bits per heavy atom. The molecule has 4 nitrogen and oxygen atoms in total. The molecule has 1 saturated heterocycles. The number of hydrogen-bond donors (Lipinski definition) is 1. The van der Waals surface area contributed by atoms with Crippen molar-refractivity contribution >= 4 is 35.6 Å². The first-order valence-electron chi connectivity index (χ1n) is 6.01. The number of halogens is 2. The van der Waals surface area contributed by atoms with Gasteiger partial charge in [-0.15, -0.1) is 12.4 Å². The molecule has 0 atom stereocenters. The predicted octanol–water partition coefficient (Wildman–Crippen LogP) is 2.34. The molecule has 0 aromatic heterocycles. The predicted molar refractivity (Wildman–Crippen MR) is 79.3 cm³/mol. The number of ether oxygens (including phenoxy) is 1. The Morgan fingerprint density at radius 1 is 1.42 bits per heavy atom. The van der Waals surface area contributed by atoms with E-state index in [0.717, 1.165) is 18.7 Å². The summed E-state index contributed by atoms with van der Waals surface area (Å²) in [5.74, 6) is -0.0376. The topological polar surface area (TPSA) is 41.6 Å². The molecule has 19 heavy (non-hydrogen) atoms. The first kappa shape index (κ1) is 16.2. The Hall–Kier alpha value is -0.810. The molecule has 1 heterocycles. The Balaban J connectivity index is 0.00000180. The molecule has 1 aliphatic heterocycles. The van der Waals surface area contributed by atoms with Crippen molar-refractivity contribution in [2.45, 2.75) is 6.92 Å². The number of benzene rings is 1.